The molecule has 0 spiro atoms. The third-order valence-electron chi connectivity index (χ3n) is 8.68. The highest BCUT2D eigenvalue weighted by Crippen LogP contribution is 2.75. The Labute approximate surface area is 187 Å². The molecule has 0 saturated carbocycles. The van der Waals surface area contributed by atoms with E-state index < -0.39 is 0 Å². The molecule has 4 bridgehead atoms. The minimum atomic E-state index is -0.346. The van der Waals surface area contributed by atoms with Crippen LogP contribution in [0.15, 0.2) is 97.1 Å². The molecule has 31 heavy (non-hydrogen) atoms. The summed E-state index contributed by atoms with van der Waals surface area (Å²) in [5.74, 6) is 1.46. The highest BCUT2D eigenvalue weighted by atomic mass is 35.5. The molecule has 0 aromatic heterocycles. The number of halogens is 1. The van der Waals surface area contributed by atoms with Crippen LogP contribution in [0.1, 0.15) is 68.2 Å². The first kappa shape index (κ1) is 16.8. The monoisotopic (exact) mass is 416 g/mol. The summed E-state index contributed by atoms with van der Waals surface area (Å²) in [6.07, 6.45) is 0. The van der Waals surface area contributed by atoms with Gasteiger partial charge in [0.2, 0.25) is 0 Å². The Hall–Kier alpha value is -2.83. The van der Waals surface area contributed by atoms with Crippen LogP contribution in [0, 0.1) is 5.92 Å². The van der Waals surface area contributed by atoms with Gasteiger partial charge < -0.3 is 0 Å². The van der Waals surface area contributed by atoms with Gasteiger partial charge in [0.05, 0.1) is 4.87 Å². The van der Waals surface area contributed by atoms with E-state index in [-0.39, 0.29) is 16.7 Å². The molecule has 4 aromatic rings. The number of rotatable bonds is 0. The predicted molar refractivity (Wildman–Crippen MR) is 125 cm³/mol. The predicted octanol–water partition coefficient (Wildman–Crippen LogP) is 7.16. The van der Waals surface area contributed by atoms with Crippen LogP contribution in [0.3, 0.4) is 0 Å². The summed E-state index contributed by atoms with van der Waals surface area (Å²) in [5.41, 5.74) is 11.8. The quantitative estimate of drug-likeness (QED) is 0.267. The fourth-order valence-electron chi connectivity index (χ4n) is 7.88. The molecule has 0 unspecified atom stereocenters. The molecule has 0 heterocycles. The fraction of sp³-hybridized carbons (Fsp3) is 0.200. The Balaban J connectivity index is 1.53. The minimum Gasteiger partial charge on any atom is -0.117 e. The molecule has 0 saturated heterocycles. The van der Waals surface area contributed by atoms with Crippen LogP contribution in [0.4, 0.5) is 0 Å². The number of hydrogen-bond donors (Lipinski definition) is 0. The summed E-state index contributed by atoms with van der Waals surface area (Å²) < 4.78 is 0. The van der Waals surface area contributed by atoms with Crippen molar-refractivity contribution < 1.29 is 0 Å². The van der Waals surface area contributed by atoms with E-state index in [2.05, 4.69) is 97.1 Å². The first-order valence-electron chi connectivity index (χ1n) is 11.3. The van der Waals surface area contributed by atoms with Gasteiger partial charge in [0, 0.05) is 29.6 Å². The lowest BCUT2D eigenvalue weighted by Crippen LogP contribution is -2.60. The van der Waals surface area contributed by atoms with Gasteiger partial charge in [0.25, 0.3) is 0 Å². The summed E-state index contributed by atoms with van der Waals surface area (Å²) >= 11 is 8.08. The summed E-state index contributed by atoms with van der Waals surface area (Å²) in [6, 6.07) is 36.4. The lowest BCUT2D eigenvalue weighted by Gasteiger charge is -2.65. The summed E-state index contributed by atoms with van der Waals surface area (Å²) in [7, 11) is 0. The molecule has 1 heteroatoms. The van der Waals surface area contributed by atoms with E-state index in [9.17, 15) is 0 Å². The van der Waals surface area contributed by atoms with Crippen molar-refractivity contribution in [2.45, 2.75) is 28.5 Å². The second-order valence-corrected chi connectivity index (χ2v) is 10.3. The molecule has 0 aliphatic heterocycles. The Bertz CT molecular complexity index is 1200. The Morgan fingerprint density at radius 2 is 0.677 bits per heavy atom. The minimum absolute atomic E-state index is 0.214. The van der Waals surface area contributed by atoms with Crippen LogP contribution in [0.5, 0.6) is 0 Å². The lowest BCUT2D eigenvalue weighted by molar-refractivity contribution is 0.182. The van der Waals surface area contributed by atoms with Gasteiger partial charge in [-0.1, -0.05) is 97.1 Å². The van der Waals surface area contributed by atoms with E-state index in [0.717, 1.165) is 0 Å². The first-order chi connectivity index (χ1) is 15.3. The van der Waals surface area contributed by atoms with Crippen molar-refractivity contribution in [1.82, 2.24) is 0 Å². The maximum atomic E-state index is 8.08. The third kappa shape index (κ3) is 1.75. The SMILES string of the molecule is ClC12C3c4ccccc4C(c4ccccc43)C1C1c3ccccc3C2c2ccccc21. The lowest BCUT2D eigenvalue weighted by atomic mass is 9.41. The smallest absolute Gasteiger partial charge is 0.0710 e. The highest BCUT2D eigenvalue weighted by Gasteiger charge is 2.68. The molecular formula is C30H21Cl. The normalized spacial score (nSPS) is 32.5. The van der Waals surface area contributed by atoms with Crippen LogP contribution in [0.25, 0.3) is 0 Å². The van der Waals surface area contributed by atoms with Crippen molar-refractivity contribution in [1.29, 1.82) is 0 Å². The molecular weight excluding hydrogens is 396 g/mol. The van der Waals surface area contributed by atoms with Crippen molar-refractivity contribution in [3.8, 4) is 0 Å². The second-order valence-electron chi connectivity index (χ2n) is 9.69. The molecule has 148 valence electrons. The summed E-state index contributed by atoms with van der Waals surface area (Å²) in [4.78, 5) is -0.346. The first-order valence-corrected chi connectivity index (χ1v) is 11.7. The van der Waals surface area contributed by atoms with E-state index in [4.69, 9.17) is 11.6 Å². The van der Waals surface area contributed by atoms with Gasteiger partial charge >= 0.3 is 0 Å². The molecule has 6 aliphatic rings. The van der Waals surface area contributed by atoms with Gasteiger partial charge in [-0.05, 0) is 44.5 Å². The van der Waals surface area contributed by atoms with Crippen LogP contribution in [-0.2, 0) is 0 Å². The summed E-state index contributed by atoms with van der Waals surface area (Å²) in [6.45, 7) is 0. The molecule has 4 aromatic carbocycles. The zero-order valence-corrected chi connectivity index (χ0v) is 17.8. The van der Waals surface area contributed by atoms with E-state index in [0.29, 0.717) is 17.8 Å². The van der Waals surface area contributed by atoms with E-state index in [1.807, 2.05) is 0 Å². The van der Waals surface area contributed by atoms with Gasteiger partial charge in [0.15, 0.2) is 0 Å². The van der Waals surface area contributed by atoms with Crippen molar-refractivity contribution in [3.05, 3.63) is 142 Å². The molecule has 0 amide bonds. The van der Waals surface area contributed by atoms with E-state index >= 15 is 0 Å². The number of hydrogen-bond acceptors (Lipinski definition) is 0. The molecule has 0 N–H and O–H groups in total. The Morgan fingerprint density at radius 3 is 0.968 bits per heavy atom. The molecule has 0 nitrogen and oxygen atoms in total. The van der Waals surface area contributed by atoms with E-state index in [1.54, 1.807) is 0 Å². The molecule has 0 radical (unpaired) electrons. The van der Waals surface area contributed by atoms with Crippen LogP contribution in [-0.4, -0.2) is 4.87 Å². The fourth-order valence-corrected chi connectivity index (χ4v) is 8.60. The molecule has 10 rings (SSSR count). The van der Waals surface area contributed by atoms with Gasteiger partial charge in [0.1, 0.15) is 0 Å². The molecule has 0 fully saturated rings. The average molecular weight is 417 g/mol. The van der Waals surface area contributed by atoms with Crippen molar-refractivity contribution in [2.75, 3.05) is 0 Å². The molecule has 6 aliphatic carbocycles. The zero-order valence-electron chi connectivity index (χ0n) is 17.0. The Morgan fingerprint density at radius 1 is 0.419 bits per heavy atom. The van der Waals surface area contributed by atoms with Crippen LogP contribution >= 0.6 is 11.6 Å². The number of benzene rings is 4. The topological polar surface area (TPSA) is 0 Å². The maximum absolute atomic E-state index is 8.08. The van der Waals surface area contributed by atoms with Crippen molar-refractivity contribution in [2.24, 2.45) is 5.92 Å². The summed E-state index contributed by atoms with van der Waals surface area (Å²) in [5, 5.41) is 0. The van der Waals surface area contributed by atoms with Crippen LogP contribution in [0.2, 0.25) is 0 Å². The van der Waals surface area contributed by atoms with Gasteiger partial charge in [-0.15, -0.1) is 11.6 Å². The maximum Gasteiger partial charge on any atom is 0.0710 e. The highest BCUT2D eigenvalue weighted by molar-refractivity contribution is 6.27. The Kier molecular flexibility index (Phi) is 2.98. The largest absolute Gasteiger partial charge is 0.117 e. The zero-order chi connectivity index (χ0) is 20.3. The second kappa shape index (κ2) is 5.50. The van der Waals surface area contributed by atoms with E-state index in [1.165, 1.54) is 44.5 Å². The van der Waals surface area contributed by atoms with Gasteiger partial charge in [-0.25, -0.2) is 0 Å². The number of alkyl halides is 1. The van der Waals surface area contributed by atoms with Gasteiger partial charge in [-0.3, -0.25) is 0 Å². The third-order valence-corrected chi connectivity index (χ3v) is 9.37. The van der Waals surface area contributed by atoms with Gasteiger partial charge in [-0.2, -0.15) is 0 Å². The van der Waals surface area contributed by atoms with Crippen molar-refractivity contribution in [3.63, 3.8) is 0 Å². The van der Waals surface area contributed by atoms with Crippen LogP contribution < -0.4 is 0 Å². The van der Waals surface area contributed by atoms with Crippen molar-refractivity contribution >= 4 is 11.6 Å². The standard InChI is InChI=1S/C30H21Cl/c31-30-27-21-13-5-1-9-17(21)25(18-10-2-6-14-22(18)27)29(30)26-19-11-3-7-15-23(19)28(30)24-16-8-4-12-20(24)26/h1-16,25-29H. The average Bonchev–Trinajstić information content (AvgIpc) is 2.83. The molecule has 0 atom stereocenters.